The highest BCUT2D eigenvalue weighted by atomic mass is 127. The second-order valence-corrected chi connectivity index (χ2v) is 8.47. The molecule has 4 rings (SSSR count). The maximum Gasteiger partial charge on any atom is 0.233 e. The molecule has 7 nitrogen and oxygen atoms in total. The molecule has 0 aromatic carbocycles. The summed E-state index contributed by atoms with van der Waals surface area (Å²) in [6.45, 7) is 6.39. The van der Waals surface area contributed by atoms with E-state index in [1.807, 2.05) is 0 Å². The Hall–Kier alpha value is -1.16. The van der Waals surface area contributed by atoms with Crippen LogP contribution in [0.25, 0.3) is 0 Å². The van der Waals surface area contributed by atoms with Crippen molar-refractivity contribution in [2.75, 3.05) is 39.8 Å². The Bertz CT molecular complexity index is 648. The zero-order chi connectivity index (χ0) is 19.7. The van der Waals surface area contributed by atoms with Gasteiger partial charge in [0, 0.05) is 39.3 Å². The van der Waals surface area contributed by atoms with E-state index in [1.54, 1.807) is 7.05 Å². The third-order valence-corrected chi connectivity index (χ3v) is 6.80. The number of likely N-dealkylation sites (N-methyl/N-ethyl adjacent to an activating group) is 1. The standard InChI is InChI=1S/C21H33N5O2.HI/c1-3-25(16-7-8-16)12-10-24-21(22-2)23-9-4-11-26-19(27)17-14-5-6-15(13-14)18(17)20(26)28;/h5-6,14-18H,3-4,7-13H2,1-2H3,(H2,22,23,24);1H. The summed E-state index contributed by atoms with van der Waals surface area (Å²) in [6, 6.07) is 0.780. The number of nitrogens with zero attached hydrogens (tertiary/aromatic N) is 3. The van der Waals surface area contributed by atoms with Gasteiger partial charge in [0.25, 0.3) is 0 Å². The molecule has 1 aliphatic heterocycles. The van der Waals surface area contributed by atoms with E-state index >= 15 is 0 Å². The van der Waals surface area contributed by atoms with Crippen molar-refractivity contribution in [1.82, 2.24) is 20.4 Å². The fourth-order valence-electron chi connectivity index (χ4n) is 5.21. The molecule has 162 valence electrons. The molecule has 8 heteroatoms. The van der Waals surface area contributed by atoms with Crippen LogP contribution in [0.3, 0.4) is 0 Å². The fraction of sp³-hybridized carbons (Fsp3) is 0.762. The maximum atomic E-state index is 12.7. The highest BCUT2D eigenvalue weighted by molar-refractivity contribution is 14.0. The molecule has 0 spiro atoms. The molecule has 0 radical (unpaired) electrons. The van der Waals surface area contributed by atoms with Gasteiger partial charge in [-0.1, -0.05) is 19.1 Å². The summed E-state index contributed by atoms with van der Waals surface area (Å²) in [4.78, 5) is 33.6. The van der Waals surface area contributed by atoms with Gasteiger partial charge in [0.15, 0.2) is 5.96 Å². The van der Waals surface area contributed by atoms with Gasteiger partial charge in [0.2, 0.25) is 11.8 Å². The Balaban J connectivity index is 0.00000240. The Morgan fingerprint density at radius 2 is 1.76 bits per heavy atom. The van der Waals surface area contributed by atoms with Gasteiger partial charge in [-0.15, -0.1) is 24.0 Å². The van der Waals surface area contributed by atoms with Crippen molar-refractivity contribution in [2.24, 2.45) is 28.7 Å². The smallest absolute Gasteiger partial charge is 0.233 e. The van der Waals surface area contributed by atoms with Gasteiger partial charge in [-0.25, -0.2) is 0 Å². The van der Waals surface area contributed by atoms with Gasteiger partial charge in [0.05, 0.1) is 11.8 Å². The van der Waals surface area contributed by atoms with E-state index < -0.39 is 0 Å². The van der Waals surface area contributed by atoms with Gasteiger partial charge in [0.1, 0.15) is 0 Å². The first-order valence-electron chi connectivity index (χ1n) is 10.9. The zero-order valence-electron chi connectivity index (χ0n) is 17.5. The van der Waals surface area contributed by atoms with Crippen LogP contribution in [-0.4, -0.2) is 73.4 Å². The molecule has 1 saturated heterocycles. The fourth-order valence-corrected chi connectivity index (χ4v) is 5.21. The number of likely N-dealkylation sites (tertiary alicyclic amines) is 1. The molecule has 4 aliphatic rings. The number of fused-ring (bicyclic) bond motifs is 5. The lowest BCUT2D eigenvalue weighted by atomic mass is 9.85. The molecular formula is C21H34IN5O2. The average molecular weight is 515 g/mol. The molecule has 0 aromatic heterocycles. The molecule has 2 N–H and O–H groups in total. The molecule has 1 heterocycles. The molecule has 4 atom stereocenters. The van der Waals surface area contributed by atoms with Gasteiger partial charge in [-0.3, -0.25) is 24.4 Å². The van der Waals surface area contributed by atoms with Crippen LogP contribution in [0.4, 0.5) is 0 Å². The van der Waals surface area contributed by atoms with Crippen LogP contribution in [0.15, 0.2) is 17.1 Å². The first kappa shape index (κ1) is 22.5. The summed E-state index contributed by atoms with van der Waals surface area (Å²) in [5, 5.41) is 6.66. The number of guanidine groups is 1. The molecule has 0 aromatic rings. The van der Waals surface area contributed by atoms with Crippen molar-refractivity contribution < 1.29 is 9.59 Å². The number of allylic oxidation sites excluding steroid dienone is 2. The number of nitrogens with one attached hydrogen (secondary N) is 2. The SMILES string of the molecule is CCN(CCNC(=NC)NCCCN1C(=O)C2C3C=CC(C3)C2C1=O)C1CC1.I. The molecule has 3 aliphatic carbocycles. The number of hydrogen-bond donors (Lipinski definition) is 2. The number of carbonyl (C=O) groups is 2. The van der Waals surface area contributed by atoms with Gasteiger partial charge in [-0.05, 0) is 44.1 Å². The largest absolute Gasteiger partial charge is 0.356 e. The number of amides is 2. The lowest BCUT2D eigenvalue weighted by Crippen LogP contribution is -2.43. The van der Waals surface area contributed by atoms with Crippen LogP contribution >= 0.6 is 24.0 Å². The number of aliphatic imine (C=N–C) groups is 1. The van der Waals surface area contributed by atoms with E-state index in [0.29, 0.717) is 13.1 Å². The Morgan fingerprint density at radius 1 is 1.14 bits per heavy atom. The highest BCUT2D eigenvalue weighted by Crippen LogP contribution is 2.52. The first-order chi connectivity index (χ1) is 13.6. The predicted octanol–water partition coefficient (Wildman–Crippen LogP) is 1.45. The number of rotatable bonds is 9. The van der Waals surface area contributed by atoms with E-state index in [2.05, 4.69) is 39.6 Å². The minimum Gasteiger partial charge on any atom is -0.356 e. The molecule has 2 amide bonds. The minimum absolute atomic E-state index is 0. The number of hydrogen-bond acceptors (Lipinski definition) is 4. The lowest BCUT2D eigenvalue weighted by Gasteiger charge is -2.21. The third kappa shape index (κ3) is 4.62. The van der Waals surface area contributed by atoms with Gasteiger partial charge < -0.3 is 10.6 Å². The van der Waals surface area contributed by atoms with Crippen LogP contribution in [-0.2, 0) is 9.59 Å². The predicted molar refractivity (Wildman–Crippen MR) is 124 cm³/mol. The van der Waals surface area contributed by atoms with Crippen LogP contribution in [0.2, 0.25) is 0 Å². The first-order valence-corrected chi connectivity index (χ1v) is 10.9. The maximum absolute atomic E-state index is 12.7. The highest BCUT2D eigenvalue weighted by Gasteiger charge is 2.58. The van der Waals surface area contributed by atoms with E-state index in [1.165, 1.54) is 17.7 Å². The van der Waals surface area contributed by atoms with Crippen molar-refractivity contribution in [1.29, 1.82) is 0 Å². The average Bonchev–Trinajstić information content (AvgIpc) is 3.25. The summed E-state index contributed by atoms with van der Waals surface area (Å²) < 4.78 is 0. The van der Waals surface area contributed by atoms with Crippen molar-refractivity contribution >= 4 is 41.8 Å². The summed E-state index contributed by atoms with van der Waals surface area (Å²) >= 11 is 0. The molecule has 3 fully saturated rings. The van der Waals surface area contributed by atoms with Crippen molar-refractivity contribution in [2.45, 2.75) is 38.6 Å². The van der Waals surface area contributed by atoms with E-state index in [-0.39, 0.29) is 59.5 Å². The van der Waals surface area contributed by atoms with Crippen LogP contribution in [0.1, 0.15) is 32.6 Å². The lowest BCUT2D eigenvalue weighted by molar-refractivity contribution is -0.140. The Kier molecular flexibility index (Phi) is 7.58. The van der Waals surface area contributed by atoms with Gasteiger partial charge in [-0.2, -0.15) is 0 Å². The molecule has 2 bridgehead atoms. The quantitative estimate of drug-likeness (QED) is 0.122. The zero-order valence-corrected chi connectivity index (χ0v) is 19.8. The van der Waals surface area contributed by atoms with Crippen molar-refractivity contribution in [3.8, 4) is 0 Å². The van der Waals surface area contributed by atoms with E-state index in [9.17, 15) is 9.59 Å². The monoisotopic (exact) mass is 515 g/mol. The van der Waals surface area contributed by atoms with E-state index in [0.717, 1.165) is 44.5 Å². The number of imide groups is 1. The molecule has 29 heavy (non-hydrogen) atoms. The van der Waals surface area contributed by atoms with Crippen molar-refractivity contribution in [3.05, 3.63) is 12.2 Å². The molecule has 2 saturated carbocycles. The van der Waals surface area contributed by atoms with Crippen LogP contribution in [0.5, 0.6) is 0 Å². The van der Waals surface area contributed by atoms with Crippen LogP contribution in [0, 0.1) is 23.7 Å². The summed E-state index contributed by atoms with van der Waals surface area (Å²) in [6.07, 6.45) is 8.66. The molecular weight excluding hydrogens is 481 g/mol. The van der Waals surface area contributed by atoms with Crippen molar-refractivity contribution in [3.63, 3.8) is 0 Å². The van der Waals surface area contributed by atoms with Gasteiger partial charge >= 0.3 is 0 Å². The molecule has 4 unspecified atom stereocenters. The summed E-state index contributed by atoms with van der Waals surface area (Å²) in [5.41, 5.74) is 0. The second-order valence-electron chi connectivity index (χ2n) is 8.47. The Labute approximate surface area is 190 Å². The topological polar surface area (TPSA) is 77.0 Å². The Morgan fingerprint density at radius 3 is 2.31 bits per heavy atom. The third-order valence-electron chi connectivity index (χ3n) is 6.80. The normalized spacial score (nSPS) is 30.2. The van der Waals surface area contributed by atoms with E-state index in [4.69, 9.17) is 0 Å². The van der Waals surface area contributed by atoms with Crippen LogP contribution < -0.4 is 10.6 Å². The summed E-state index contributed by atoms with van der Waals surface area (Å²) in [5.74, 6) is 1.29. The second kappa shape index (κ2) is 9.76. The minimum atomic E-state index is -0.0853. The number of carbonyl (C=O) groups excluding carboxylic acids is 2. The summed E-state index contributed by atoms with van der Waals surface area (Å²) in [7, 11) is 1.77. The number of halogens is 1.